The lowest BCUT2D eigenvalue weighted by molar-refractivity contribution is 1.01. The van der Waals surface area contributed by atoms with Crippen molar-refractivity contribution in [3.8, 4) is 0 Å². The second-order valence-electron chi connectivity index (χ2n) is 4.56. The van der Waals surface area contributed by atoms with Gasteiger partial charge in [0.2, 0.25) is 0 Å². The van der Waals surface area contributed by atoms with E-state index in [2.05, 4.69) is 29.6 Å². The summed E-state index contributed by atoms with van der Waals surface area (Å²) in [5.41, 5.74) is 2.37. The van der Waals surface area contributed by atoms with Crippen molar-refractivity contribution in [2.45, 2.75) is 5.92 Å². The minimum atomic E-state index is 0.174. The molecule has 3 rings (SSSR count). The highest BCUT2D eigenvalue weighted by atomic mass is 35.5. The molecular weight excluding hydrogens is 307 g/mol. The van der Waals surface area contributed by atoms with Crippen LogP contribution in [0.3, 0.4) is 0 Å². The van der Waals surface area contributed by atoms with Gasteiger partial charge in [-0.05, 0) is 46.8 Å². The molecule has 3 aromatic rings. The smallest absolute Gasteiger partial charge is 0.0434 e. The molecule has 20 heavy (non-hydrogen) atoms. The van der Waals surface area contributed by atoms with Crippen LogP contribution in [0.5, 0.6) is 0 Å². The average Bonchev–Trinajstić information content (AvgIpc) is 2.93. The van der Waals surface area contributed by atoms with Gasteiger partial charge in [0.05, 0.1) is 0 Å². The first-order valence-electron chi connectivity index (χ1n) is 6.28. The molecule has 1 heterocycles. The summed E-state index contributed by atoms with van der Waals surface area (Å²) in [7, 11) is 0. The molecule has 2 aromatic carbocycles. The molecule has 0 atom stereocenters. The Labute approximate surface area is 132 Å². The summed E-state index contributed by atoms with van der Waals surface area (Å²) >= 11 is 14.0. The van der Waals surface area contributed by atoms with Crippen molar-refractivity contribution in [3.05, 3.63) is 92.1 Å². The summed E-state index contributed by atoms with van der Waals surface area (Å²) in [6, 6.07) is 20.3. The van der Waals surface area contributed by atoms with Crippen LogP contribution in [0.2, 0.25) is 10.0 Å². The maximum absolute atomic E-state index is 6.15. The summed E-state index contributed by atoms with van der Waals surface area (Å²) < 4.78 is 0. The van der Waals surface area contributed by atoms with Crippen LogP contribution < -0.4 is 0 Å². The van der Waals surface area contributed by atoms with Gasteiger partial charge in [0.1, 0.15) is 0 Å². The molecule has 0 amide bonds. The van der Waals surface area contributed by atoms with E-state index in [0.29, 0.717) is 0 Å². The number of rotatable bonds is 3. The van der Waals surface area contributed by atoms with Gasteiger partial charge in [-0.25, -0.2) is 0 Å². The van der Waals surface area contributed by atoms with Gasteiger partial charge in [-0.2, -0.15) is 0 Å². The molecule has 0 fully saturated rings. The molecule has 3 heteroatoms. The zero-order valence-electron chi connectivity index (χ0n) is 10.6. The van der Waals surface area contributed by atoms with Crippen LogP contribution in [-0.2, 0) is 0 Å². The van der Waals surface area contributed by atoms with Crippen LogP contribution in [0, 0.1) is 0 Å². The molecule has 0 saturated carbocycles. The van der Waals surface area contributed by atoms with Crippen molar-refractivity contribution in [1.29, 1.82) is 0 Å². The molecular formula is C17H12Cl2S. The standard InChI is InChI=1S/C17H12Cl2S/c18-14-6-1-4-12(10-14)17(16-8-3-9-20-16)13-5-2-7-15(19)11-13/h1-11,17H. The van der Waals surface area contributed by atoms with E-state index in [-0.39, 0.29) is 5.92 Å². The largest absolute Gasteiger partial charge is 0.148 e. The molecule has 0 N–H and O–H groups in total. The lowest BCUT2D eigenvalue weighted by Crippen LogP contribution is -2.01. The van der Waals surface area contributed by atoms with Gasteiger partial charge < -0.3 is 0 Å². The highest BCUT2D eigenvalue weighted by Gasteiger charge is 2.18. The summed E-state index contributed by atoms with van der Waals surface area (Å²) in [5.74, 6) is 0.174. The van der Waals surface area contributed by atoms with Gasteiger partial charge in [0.25, 0.3) is 0 Å². The molecule has 0 aliphatic rings. The van der Waals surface area contributed by atoms with Crippen LogP contribution >= 0.6 is 34.5 Å². The van der Waals surface area contributed by atoms with Crippen molar-refractivity contribution in [2.24, 2.45) is 0 Å². The molecule has 0 spiro atoms. The molecule has 0 unspecified atom stereocenters. The SMILES string of the molecule is Clc1cccc(C(c2cccc(Cl)c2)c2cccs2)c1. The Morgan fingerprint density at radius 1 is 0.750 bits per heavy atom. The Bertz CT molecular complexity index is 659. The number of benzene rings is 2. The van der Waals surface area contributed by atoms with Gasteiger partial charge in [-0.15, -0.1) is 11.3 Å². The first kappa shape index (κ1) is 13.7. The number of hydrogen-bond donors (Lipinski definition) is 0. The van der Waals surface area contributed by atoms with Crippen LogP contribution in [0.15, 0.2) is 66.0 Å². The Kier molecular flexibility index (Phi) is 4.11. The van der Waals surface area contributed by atoms with E-state index >= 15 is 0 Å². The molecule has 0 radical (unpaired) electrons. The lowest BCUT2D eigenvalue weighted by atomic mass is 9.90. The Morgan fingerprint density at radius 3 is 1.80 bits per heavy atom. The average molecular weight is 319 g/mol. The lowest BCUT2D eigenvalue weighted by Gasteiger charge is -2.17. The third-order valence-electron chi connectivity index (χ3n) is 3.19. The Morgan fingerprint density at radius 2 is 1.35 bits per heavy atom. The van der Waals surface area contributed by atoms with Gasteiger partial charge in [0.15, 0.2) is 0 Å². The minimum absolute atomic E-state index is 0.174. The summed E-state index contributed by atoms with van der Waals surface area (Å²) in [6.45, 7) is 0. The van der Waals surface area contributed by atoms with E-state index in [1.807, 2.05) is 36.4 Å². The maximum atomic E-state index is 6.15. The van der Waals surface area contributed by atoms with Crippen LogP contribution in [0.4, 0.5) is 0 Å². The third-order valence-corrected chi connectivity index (χ3v) is 4.60. The van der Waals surface area contributed by atoms with Crippen LogP contribution in [-0.4, -0.2) is 0 Å². The van der Waals surface area contributed by atoms with Crippen LogP contribution in [0.25, 0.3) is 0 Å². The normalized spacial score (nSPS) is 10.9. The van der Waals surface area contributed by atoms with E-state index < -0.39 is 0 Å². The van der Waals surface area contributed by atoms with Gasteiger partial charge >= 0.3 is 0 Å². The van der Waals surface area contributed by atoms with Crippen molar-refractivity contribution in [2.75, 3.05) is 0 Å². The fraction of sp³-hybridized carbons (Fsp3) is 0.0588. The van der Waals surface area contributed by atoms with Gasteiger partial charge in [0, 0.05) is 20.8 Å². The summed E-state index contributed by atoms with van der Waals surface area (Å²) in [6.07, 6.45) is 0. The monoisotopic (exact) mass is 318 g/mol. The van der Waals surface area contributed by atoms with Crippen molar-refractivity contribution < 1.29 is 0 Å². The summed E-state index contributed by atoms with van der Waals surface area (Å²) in [4.78, 5) is 1.29. The fourth-order valence-corrected chi connectivity index (χ4v) is 3.63. The zero-order valence-corrected chi connectivity index (χ0v) is 12.9. The number of halogens is 2. The van der Waals surface area contributed by atoms with Gasteiger partial charge in [-0.3, -0.25) is 0 Å². The second-order valence-corrected chi connectivity index (χ2v) is 6.41. The van der Waals surface area contributed by atoms with E-state index in [4.69, 9.17) is 23.2 Å². The van der Waals surface area contributed by atoms with E-state index in [0.717, 1.165) is 10.0 Å². The highest BCUT2D eigenvalue weighted by Crippen LogP contribution is 2.36. The molecule has 0 nitrogen and oxygen atoms in total. The quantitative estimate of drug-likeness (QED) is 0.536. The molecule has 0 saturated heterocycles. The minimum Gasteiger partial charge on any atom is -0.148 e. The molecule has 100 valence electrons. The molecule has 0 aliphatic heterocycles. The second kappa shape index (κ2) is 6.01. The summed E-state index contributed by atoms with van der Waals surface area (Å²) in [5, 5.41) is 3.61. The first-order chi connectivity index (χ1) is 9.74. The third kappa shape index (κ3) is 2.90. The topological polar surface area (TPSA) is 0 Å². The predicted octanol–water partition coefficient (Wildman–Crippen LogP) is 6.24. The molecule has 0 aliphatic carbocycles. The van der Waals surface area contributed by atoms with E-state index in [9.17, 15) is 0 Å². The van der Waals surface area contributed by atoms with Crippen LogP contribution in [0.1, 0.15) is 21.9 Å². The van der Waals surface area contributed by atoms with Gasteiger partial charge in [-0.1, -0.05) is 53.5 Å². The number of thiophene rings is 1. The van der Waals surface area contributed by atoms with E-state index in [1.165, 1.54) is 16.0 Å². The van der Waals surface area contributed by atoms with Crippen molar-refractivity contribution in [3.63, 3.8) is 0 Å². The first-order valence-corrected chi connectivity index (χ1v) is 7.92. The molecule has 0 bridgehead atoms. The Balaban J connectivity index is 2.14. The number of hydrogen-bond acceptors (Lipinski definition) is 1. The maximum Gasteiger partial charge on any atom is 0.0434 e. The zero-order chi connectivity index (χ0) is 13.9. The predicted molar refractivity (Wildman–Crippen MR) is 88.2 cm³/mol. The fourth-order valence-electron chi connectivity index (χ4n) is 2.35. The van der Waals surface area contributed by atoms with Crippen molar-refractivity contribution in [1.82, 2.24) is 0 Å². The Hall–Kier alpha value is -1.28. The van der Waals surface area contributed by atoms with Crippen molar-refractivity contribution >= 4 is 34.5 Å². The molecule has 1 aromatic heterocycles. The van der Waals surface area contributed by atoms with E-state index in [1.54, 1.807) is 11.3 Å². The highest BCUT2D eigenvalue weighted by molar-refractivity contribution is 7.10.